The topological polar surface area (TPSA) is 60.9 Å². The number of piperazine rings is 1. The number of halogens is 1. The summed E-state index contributed by atoms with van der Waals surface area (Å²) in [6.07, 6.45) is 5.19. The molecule has 0 radical (unpaired) electrons. The van der Waals surface area contributed by atoms with E-state index in [9.17, 15) is 17.6 Å². The van der Waals surface area contributed by atoms with Crippen LogP contribution in [0.25, 0.3) is 6.08 Å². The van der Waals surface area contributed by atoms with Crippen molar-refractivity contribution in [1.29, 1.82) is 0 Å². The van der Waals surface area contributed by atoms with E-state index in [1.54, 1.807) is 4.90 Å². The van der Waals surface area contributed by atoms with Crippen LogP contribution >= 0.6 is 0 Å². The van der Waals surface area contributed by atoms with Gasteiger partial charge >= 0.3 is 0 Å². The van der Waals surface area contributed by atoms with Gasteiger partial charge in [0.1, 0.15) is 12.4 Å². The quantitative estimate of drug-likeness (QED) is 0.676. The predicted octanol–water partition coefficient (Wildman–Crippen LogP) is 2.45. The van der Waals surface area contributed by atoms with Crippen LogP contribution < -0.4 is 4.31 Å². The standard InChI is InChI=1S/C22H26FN3O3S/c1-30(28,29)26(21-11-5-10-20(23)17-21)18-22(27)25-15-13-24(14-16-25)12-6-9-19-7-3-2-4-8-19/h2-11,17H,12-16,18H2,1H3/b9-6+. The van der Waals surface area contributed by atoms with Crippen molar-refractivity contribution >= 4 is 27.7 Å². The van der Waals surface area contributed by atoms with E-state index < -0.39 is 15.8 Å². The van der Waals surface area contributed by atoms with Crippen LogP contribution in [0.3, 0.4) is 0 Å². The van der Waals surface area contributed by atoms with Crippen LogP contribution in [0.5, 0.6) is 0 Å². The maximum Gasteiger partial charge on any atom is 0.243 e. The second-order valence-electron chi connectivity index (χ2n) is 7.24. The fraction of sp³-hybridized carbons (Fsp3) is 0.318. The molecule has 1 saturated heterocycles. The second kappa shape index (κ2) is 9.86. The molecule has 1 aliphatic rings. The lowest BCUT2D eigenvalue weighted by atomic mass is 10.2. The van der Waals surface area contributed by atoms with Crippen LogP contribution in [0.4, 0.5) is 10.1 Å². The summed E-state index contributed by atoms with van der Waals surface area (Å²) in [5, 5.41) is 0. The number of nitrogens with zero attached hydrogens (tertiary/aromatic N) is 3. The summed E-state index contributed by atoms with van der Waals surface area (Å²) < 4.78 is 38.8. The zero-order chi connectivity index (χ0) is 21.6. The maximum absolute atomic E-state index is 13.5. The van der Waals surface area contributed by atoms with Crippen LogP contribution in [0.15, 0.2) is 60.7 Å². The number of rotatable bonds is 7. The lowest BCUT2D eigenvalue weighted by Crippen LogP contribution is -2.51. The van der Waals surface area contributed by atoms with E-state index in [0.29, 0.717) is 26.2 Å². The summed E-state index contributed by atoms with van der Waals surface area (Å²) in [6, 6.07) is 15.3. The Balaban J connectivity index is 1.54. The summed E-state index contributed by atoms with van der Waals surface area (Å²) in [7, 11) is -3.72. The fourth-order valence-electron chi connectivity index (χ4n) is 3.34. The molecular formula is C22H26FN3O3S. The summed E-state index contributed by atoms with van der Waals surface area (Å²) in [5.74, 6) is -0.838. The van der Waals surface area contributed by atoms with E-state index in [1.807, 2.05) is 30.3 Å². The summed E-state index contributed by atoms with van der Waals surface area (Å²) in [4.78, 5) is 16.6. The summed E-state index contributed by atoms with van der Waals surface area (Å²) >= 11 is 0. The van der Waals surface area contributed by atoms with Crippen LogP contribution in [0.1, 0.15) is 5.56 Å². The third kappa shape index (κ3) is 6.14. The van der Waals surface area contributed by atoms with Gasteiger partial charge in [0.05, 0.1) is 11.9 Å². The molecule has 0 saturated carbocycles. The molecule has 0 aliphatic carbocycles. The number of carbonyl (C=O) groups excluding carboxylic acids is 1. The first-order valence-corrected chi connectivity index (χ1v) is 11.6. The Morgan fingerprint density at radius 3 is 2.40 bits per heavy atom. The number of hydrogen-bond donors (Lipinski definition) is 0. The third-order valence-electron chi connectivity index (χ3n) is 4.97. The van der Waals surface area contributed by atoms with E-state index in [4.69, 9.17) is 0 Å². The van der Waals surface area contributed by atoms with Crippen molar-refractivity contribution in [3.05, 3.63) is 72.1 Å². The van der Waals surface area contributed by atoms with E-state index >= 15 is 0 Å². The molecule has 8 heteroatoms. The Labute approximate surface area is 177 Å². The molecule has 0 spiro atoms. The summed E-state index contributed by atoms with van der Waals surface area (Å²) in [6.45, 7) is 2.93. The zero-order valence-corrected chi connectivity index (χ0v) is 17.8. The average Bonchev–Trinajstić information content (AvgIpc) is 2.72. The molecular weight excluding hydrogens is 405 g/mol. The van der Waals surface area contributed by atoms with Gasteiger partial charge in [-0.3, -0.25) is 14.0 Å². The third-order valence-corrected chi connectivity index (χ3v) is 6.11. The van der Waals surface area contributed by atoms with Crippen molar-refractivity contribution in [2.24, 2.45) is 0 Å². The molecule has 0 atom stereocenters. The molecule has 3 rings (SSSR count). The number of benzene rings is 2. The minimum Gasteiger partial charge on any atom is -0.339 e. The fourth-order valence-corrected chi connectivity index (χ4v) is 4.18. The number of sulfonamides is 1. The van der Waals surface area contributed by atoms with E-state index in [1.165, 1.54) is 18.2 Å². The summed E-state index contributed by atoms with van der Waals surface area (Å²) in [5.41, 5.74) is 1.29. The molecule has 1 amide bonds. The SMILES string of the molecule is CS(=O)(=O)N(CC(=O)N1CCN(C/C=C/c2ccccc2)CC1)c1cccc(F)c1. The van der Waals surface area contributed by atoms with Gasteiger partial charge in [-0.1, -0.05) is 48.6 Å². The molecule has 1 aliphatic heterocycles. The van der Waals surface area contributed by atoms with Gasteiger partial charge in [-0.25, -0.2) is 12.8 Å². The van der Waals surface area contributed by atoms with Crippen molar-refractivity contribution < 1.29 is 17.6 Å². The molecule has 160 valence electrons. The number of carbonyl (C=O) groups is 1. The van der Waals surface area contributed by atoms with Crippen molar-refractivity contribution in [2.45, 2.75) is 0 Å². The van der Waals surface area contributed by atoms with Gasteiger partial charge in [-0.2, -0.15) is 0 Å². The molecule has 1 fully saturated rings. The minimum absolute atomic E-state index is 0.149. The lowest BCUT2D eigenvalue weighted by Gasteiger charge is -2.35. The molecule has 0 bridgehead atoms. The number of anilines is 1. The highest BCUT2D eigenvalue weighted by molar-refractivity contribution is 7.92. The predicted molar refractivity (Wildman–Crippen MR) is 117 cm³/mol. The van der Waals surface area contributed by atoms with Crippen molar-refractivity contribution in [2.75, 3.05) is 49.8 Å². The van der Waals surface area contributed by atoms with Gasteiger partial charge < -0.3 is 4.90 Å². The molecule has 0 N–H and O–H groups in total. The number of amides is 1. The highest BCUT2D eigenvalue weighted by Crippen LogP contribution is 2.19. The lowest BCUT2D eigenvalue weighted by molar-refractivity contribution is -0.131. The Kier molecular flexibility index (Phi) is 7.23. The van der Waals surface area contributed by atoms with E-state index in [0.717, 1.165) is 28.7 Å². The zero-order valence-electron chi connectivity index (χ0n) is 16.9. The van der Waals surface area contributed by atoms with E-state index in [-0.39, 0.29) is 18.1 Å². The Morgan fingerprint density at radius 2 is 1.77 bits per heavy atom. The van der Waals surface area contributed by atoms with Gasteiger partial charge in [-0.05, 0) is 23.8 Å². The van der Waals surface area contributed by atoms with Crippen LogP contribution in [-0.2, 0) is 14.8 Å². The van der Waals surface area contributed by atoms with Crippen LogP contribution in [0.2, 0.25) is 0 Å². The van der Waals surface area contributed by atoms with Crippen molar-refractivity contribution in [1.82, 2.24) is 9.80 Å². The Morgan fingerprint density at radius 1 is 1.07 bits per heavy atom. The van der Waals surface area contributed by atoms with Crippen molar-refractivity contribution in [3.63, 3.8) is 0 Å². The second-order valence-corrected chi connectivity index (χ2v) is 9.15. The van der Waals surface area contributed by atoms with E-state index in [2.05, 4.69) is 17.1 Å². The highest BCUT2D eigenvalue weighted by atomic mass is 32.2. The van der Waals surface area contributed by atoms with Crippen molar-refractivity contribution in [3.8, 4) is 0 Å². The smallest absolute Gasteiger partial charge is 0.243 e. The van der Waals surface area contributed by atoms with Gasteiger partial charge in [-0.15, -0.1) is 0 Å². The van der Waals surface area contributed by atoms with Gasteiger partial charge in [0.2, 0.25) is 15.9 Å². The molecule has 2 aromatic carbocycles. The molecule has 30 heavy (non-hydrogen) atoms. The molecule has 1 heterocycles. The van der Waals surface area contributed by atoms with Gasteiger partial charge in [0.15, 0.2) is 0 Å². The Bertz CT molecular complexity index is 988. The van der Waals surface area contributed by atoms with Crippen LogP contribution in [-0.4, -0.2) is 69.6 Å². The average molecular weight is 432 g/mol. The minimum atomic E-state index is -3.72. The molecule has 0 aromatic heterocycles. The highest BCUT2D eigenvalue weighted by Gasteiger charge is 2.26. The monoisotopic (exact) mass is 431 g/mol. The van der Waals surface area contributed by atoms with Gasteiger partial charge in [0.25, 0.3) is 0 Å². The molecule has 0 unspecified atom stereocenters. The normalized spacial score (nSPS) is 15.5. The van der Waals surface area contributed by atoms with Crippen LogP contribution in [0, 0.1) is 5.82 Å². The first-order valence-electron chi connectivity index (χ1n) is 9.78. The first-order chi connectivity index (χ1) is 14.3. The first kappa shape index (κ1) is 22.0. The molecule has 2 aromatic rings. The largest absolute Gasteiger partial charge is 0.339 e. The Hall–Kier alpha value is -2.71. The van der Waals surface area contributed by atoms with Gasteiger partial charge in [0, 0.05) is 32.7 Å². The maximum atomic E-state index is 13.5. The number of hydrogen-bond acceptors (Lipinski definition) is 4. The molecule has 6 nitrogen and oxygen atoms in total.